The molecule has 2 N–H and O–H groups in total. The van der Waals surface area contributed by atoms with Gasteiger partial charge in [-0.2, -0.15) is 5.10 Å². The number of carboxylic acid groups (broad SMARTS) is 1. The Hall–Kier alpha value is -2.89. The molecule has 1 fully saturated rings. The first-order valence-corrected chi connectivity index (χ1v) is 9.26. The van der Waals surface area contributed by atoms with Crippen LogP contribution in [0.15, 0.2) is 42.5 Å². The van der Waals surface area contributed by atoms with Crippen LogP contribution >= 0.6 is 0 Å². The quantitative estimate of drug-likeness (QED) is 0.798. The number of fused-ring (bicyclic) bond motifs is 2. The van der Waals surface area contributed by atoms with Crippen LogP contribution in [0.5, 0.6) is 0 Å². The van der Waals surface area contributed by atoms with Crippen molar-refractivity contribution in [2.75, 3.05) is 0 Å². The number of nitrogens with zero attached hydrogens (tertiary/aromatic N) is 2. The van der Waals surface area contributed by atoms with Crippen LogP contribution < -0.4 is 5.32 Å². The van der Waals surface area contributed by atoms with Crippen molar-refractivity contribution in [1.82, 2.24) is 15.1 Å². The largest absolute Gasteiger partial charge is 0.481 e. The number of allylic oxidation sites excluding steroid dienone is 2. The van der Waals surface area contributed by atoms with Crippen LogP contribution in [-0.4, -0.2) is 26.8 Å². The van der Waals surface area contributed by atoms with Crippen LogP contribution in [0.25, 0.3) is 5.69 Å². The normalized spacial score (nSPS) is 25.7. The zero-order chi connectivity index (χ0) is 19.1. The van der Waals surface area contributed by atoms with Gasteiger partial charge in [-0.1, -0.05) is 30.4 Å². The van der Waals surface area contributed by atoms with E-state index in [1.165, 1.54) is 0 Å². The maximum atomic E-state index is 12.8. The number of amides is 1. The number of para-hydroxylation sites is 1. The lowest BCUT2D eigenvalue weighted by atomic mass is 9.82. The lowest BCUT2D eigenvalue weighted by molar-refractivity contribution is -0.147. The van der Waals surface area contributed by atoms with Gasteiger partial charge < -0.3 is 10.4 Å². The first-order chi connectivity index (χ1) is 13.0. The van der Waals surface area contributed by atoms with E-state index >= 15 is 0 Å². The second-order valence-electron chi connectivity index (χ2n) is 7.45. The van der Waals surface area contributed by atoms with Crippen molar-refractivity contribution in [2.45, 2.75) is 26.8 Å². The fourth-order valence-corrected chi connectivity index (χ4v) is 4.56. The summed E-state index contributed by atoms with van der Waals surface area (Å²) in [5, 5.41) is 17.1. The van der Waals surface area contributed by atoms with E-state index in [1.54, 1.807) is 0 Å². The van der Waals surface area contributed by atoms with Crippen molar-refractivity contribution in [3.63, 3.8) is 0 Å². The zero-order valence-electron chi connectivity index (χ0n) is 15.4. The monoisotopic (exact) mass is 365 g/mol. The summed E-state index contributed by atoms with van der Waals surface area (Å²) in [6.07, 6.45) is 4.71. The highest BCUT2D eigenvalue weighted by Gasteiger charge is 2.51. The van der Waals surface area contributed by atoms with Gasteiger partial charge >= 0.3 is 5.97 Å². The number of carboxylic acids is 1. The summed E-state index contributed by atoms with van der Waals surface area (Å²) < 4.78 is 1.87. The topological polar surface area (TPSA) is 84.2 Å². The van der Waals surface area contributed by atoms with Crippen molar-refractivity contribution in [2.24, 2.45) is 23.7 Å². The minimum Gasteiger partial charge on any atom is -0.481 e. The zero-order valence-corrected chi connectivity index (χ0v) is 15.4. The predicted octanol–water partition coefficient (Wildman–Crippen LogP) is 2.63. The average Bonchev–Trinajstić information content (AvgIpc) is 3.34. The average molecular weight is 365 g/mol. The van der Waals surface area contributed by atoms with Crippen molar-refractivity contribution in [1.29, 1.82) is 0 Å². The van der Waals surface area contributed by atoms with E-state index in [-0.39, 0.29) is 17.7 Å². The molecule has 4 atom stereocenters. The number of aliphatic carboxylic acids is 1. The Morgan fingerprint density at radius 1 is 1.15 bits per heavy atom. The van der Waals surface area contributed by atoms with Crippen molar-refractivity contribution in [3.05, 3.63) is 59.4 Å². The number of hydrogen-bond donors (Lipinski definition) is 2. The van der Waals surface area contributed by atoms with Crippen LogP contribution in [-0.2, 0) is 16.1 Å². The molecule has 2 bridgehead atoms. The van der Waals surface area contributed by atoms with E-state index in [2.05, 4.69) is 10.4 Å². The maximum Gasteiger partial charge on any atom is 0.307 e. The molecule has 1 amide bonds. The molecule has 0 aliphatic heterocycles. The number of nitrogens with one attached hydrogen (secondary N) is 1. The molecule has 2 aliphatic carbocycles. The van der Waals surface area contributed by atoms with Crippen LogP contribution in [0, 0.1) is 37.5 Å². The lowest BCUT2D eigenvalue weighted by Gasteiger charge is -2.23. The van der Waals surface area contributed by atoms with Gasteiger partial charge in [-0.15, -0.1) is 0 Å². The summed E-state index contributed by atoms with van der Waals surface area (Å²) in [5.41, 5.74) is 3.78. The smallest absolute Gasteiger partial charge is 0.307 e. The van der Waals surface area contributed by atoms with Gasteiger partial charge in [0.25, 0.3) is 0 Å². The molecule has 6 nitrogen and oxygen atoms in total. The third-order valence-electron chi connectivity index (χ3n) is 5.93. The SMILES string of the molecule is Cc1nn(-c2ccccc2)c(C)c1CNC(=O)[C@@H]1[C@@H](C(=O)O)[C@H]2C=C[C@H]1C2. The van der Waals surface area contributed by atoms with E-state index in [0.717, 1.165) is 29.1 Å². The van der Waals surface area contributed by atoms with Gasteiger partial charge in [-0.3, -0.25) is 9.59 Å². The summed E-state index contributed by atoms with van der Waals surface area (Å²) in [4.78, 5) is 24.4. The van der Waals surface area contributed by atoms with E-state index in [0.29, 0.717) is 6.54 Å². The van der Waals surface area contributed by atoms with Crippen LogP contribution in [0.2, 0.25) is 0 Å². The van der Waals surface area contributed by atoms with Gasteiger partial charge in [0.2, 0.25) is 5.91 Å². The Kier molecular flexibility index (Phi) is 4.34. The van der Waals surface area contributed by atoms with Gasteiger partial charge in [-0.25, -0.2) is 4.68 Å². The van der Waals surface area contributed by atoms with Gasteiger partial charge in [-0.05, 0) is 44.2 Å². The standard InChI is InChI=1S/C21H23N3O3/c1-12-17(13(2)24(23-12)16-6-4-3-5-7-16)11-22-20(25)18-14-8-9-15(10-14)19(18)21(26)27/h3-9,14-15,18-19H,10-11H2,1-2H3,(H,22,25)(H,26,27)/t14-,15-,18-,19-/m0/s1. The van der Waals surface area contributed by atoms with Crippen LogP contribution in [0.3, 0.4) is 0 Å². The Morgan fingerprint density at radius 3 is 2.48 bits per heavy atom. The predicted molar refractivity (Wildman–Crippen MR) is 100 cm³/mol. The molecule has 27 heavy (non-hydrogen) atoms. The second-order valence-corrected chi connectivity index (χ2v) is 7.45. The minimum absolute atomic E-state index is 0.0208. The minimum atomic E-state index is -0.878. The fourth-order valence-electron chi connectivity index (χ4n) is 4.56. The number of carbonyl (C=O) groups excluding carboxylic acids is 1. The number of rotatable bonds is 5. The molecule has 0 spiro atoms. The van der Waals surface area contributed by atoms with Crippen LogP contribution in [0.1, 0.15) is 23.4 Å². The second kappa shape index (κ2) is 6.68. The summed E-state index contributed by atoms with van der Waals surface area (Å²) >= 11 is 0. The van der Waals surface area contributed by atoms with Gasteiger partial charge in [0.1, 0.15) is 0 Å². The molecule has 6 heteroatoms. The van der Waals surface area contributed by atoms with E-state index in [1.807, 2.05) is 61.0 Å². The molecule has 1 saturated carbocycles. The highest BCUT2D eigenvalue weighted by atomic mass is 16.4. The molecule has 2 aromatic rings. The molecule has 1 aromatic heterocycles. The molecular weight excluding hydrogens is 342 g/mol. The Bertz CT molecular complexity index is 916. The lowest BCUT2D eigenvalue weighted by Crippen LogP contribution is -2.40. The summed E-state index contributed by atoms with van der Waals surface area (Å²) in [6.45, 7) is 4.26. The van der Waals surface area contributed by atoms with E-state index in [9.17, 15) is 14.7 Å². The third-order valence-corrected chi connectivity index (χ3v) is 5.93. The number of aromatic nitrogens is 2. The van der Waals surface area contributed by atoms with Crippen molar-refractivity contribution >= 4 is 11.9 Å². The molecule has 140 valence electrons. The third kappa shape index (κ3) is 2.95. The van der Waals surface area contributed by atoms with Crippen LogP contribution in [0.4, 0.5) is 0 Å². The van der Waals surface area contributed by atoms with Gasteiger partial charge in [0, 0.05) is 17.8 Å². The molecule has 0 unspecified atom stereocenters. The molecule has 2 aliphatic rings. The fraction of sp³-hybridized carbons (Fsp3) is 0.381. The molecule has 0 saturated heterocycles. The first kappa shape index (κ1) is 17.5. The summed E-state index contributed by atoms with van der Waals surface area (Å²) in [6, 6.07) is 9.85. The highest BCUT2D eigenvalue weighted by Crippen LogP contribution is 2.48. The molecule has 1 aromatic carbocycles. The Labute approximate surface area is 157 Å². The highest BCUT2D eigenvalue weighted by molar-refractivity contribution is 5.86. The summed E-state index contributed by atoms with van der Waals surface area (Å²) in [7, 11) is 0. The Balaban J connectivity index is 1.51. The Morgan fingerprint density at radius 2 is 1.81 bits per heavy atom. The van der Waals surface area contributed by atoms with E-state index < -0.39 is 17.8 Å². The molecular formula is C21H23N3O3. The first-order valence-electron chi connectivity index (χ1n) is 9.26. The van der Waals surface area contributed by atoms with Gasteiger partial charge in [0.05, 0.1) is 23.2 Å². The summed E-state index contributed by atoms with van der Waals surface area (Å²) in [5.74, 6) is -2.14. The van der Waals surface area contributed by atoms with E-state index in [4.69, 9.17) is 0 Å². The van der Waals surface area contributed by atoms with Gasteiger partial charge in [0.15, 0.2) is 0 Å². The van der Waals surface area contributed by atoms with Crippen molar-refractivity contribution < 1.29 is 14.7 Å². The molecule has 4 rings (SSSR count). The maximum absolute atomic E-state index is 12.8. The number of benzene rings is 1. The number of carbonyl (C=O) groups is 2. The molecule has 1 heterocycles. The molecule has 0 radical (unpaired) electrons. The number of hydrogen-bond acceptors (Lipinski definition) is 3. The number of aryl methyl sites for hydroxylation is 1. The van der Waals surface area contributed by atoms with Crippen molar-refractivity contribution in [3.8, 4) is 5.69 Å².